The van der Waals surface area contributed by atoms with E-state index in [2.05, 4.69) is 62.5 Å². The van der Waals surface area contributed by atoms with Crippen LogP contribution in [-0.2, 0) is 28.6 Å². The Labute approximate surface area is 369 Å². The van der Waals surface area contributed by atoms with Crippen LogP contribution < -0.4 is 0 Å². The lowest BCUT2D eigenvalue weighted by atomic mass is 10.1. The van der Waals surface area contributed by atoms with Crippen LogP contribution in [-0.4, -0.2) is 80.6 Å². The fraction of sp³-hybridized carbons (Fsp3) is 0.788. The number of carbonyl (C=O) groups is 3. The van der Waals surface area contributed by atoms with E-state index in [1.165, 1.54) is 128 Å². The number of nitrogens with zero attached hydrogens (tertiary/aromatic N) is 1. The summed E-state index contributed by atoms with van der Waals surface area (Å²) in [5.41, 5.74) is 0. The molecule has 0 aromatic carbocycles. The molecule has 0 aromatic rings. The average Bonchev–Trinajstić information content (AvgIpc) is 3.21. The van der Waals surface area contributed by atoms with E-state index in [0.717, 1.165) is 51.4 Å². The number of hydrogen-bond donors (Lipinski definition) is 1. The van der Waals surface area contributed by atoms with Gasteiger partial charge < -0.3 is 23.8 Å². The normalized spacial score (nSPS) is 13.3. The summed E-state index contributed by atoms with van der Waals surface area (Å²) in [6.45, 7) is 4.69. The van der Waals surface area contributed by atoms with E-state index < -0.39 is 18.1 Å². The molecular formula is C52H94NO7+. The van der Waals surface area contributed by atoms with Crippen molar-refractivity contribution >= 4 is 17.9 Å². The number of ether oxygens (including phenoxy) is 3. The van der Waals surface area contributed by atoms with Crippen LogP contribution in [0.25, 0.3) is 0 Å². The standard InChI is InChI=1S/C52H93NO7/c1-6-8-10-12-14-16-18-20-22-24-25-27-29-31-33-35-37-39-41-43-51(55)60-48(46-58-45-44-49(52(56)57)53(3,4)5)47-59-50(54)42-40-38-36-34-32-30-28-26-23-21-19-17-15-13-11-9-7-2/h14-18,20-21,23,48-49H,6-13,19,22,24-47H2,1-5H3/p+1/b16-14+,17-15+,20-18+,23-21+. The van der Waals surface area contributed by atoms with Crippen LogP contribution in [0.2, 0.25) is 0 Å². The molecule has 1 N–H and O–H groups in total. The predicted octanol–water partition coefficient (Wildman–Crippen LogP) is 14.0. The van der Waals surface area contributed by atoms with Gasteiger partial charge in [-0.05, 0) is 70.6 Å². The van der Waals surface area contributed by atoms with E-state index in [0.29, 0.717) is 19.3 Å². The Morgan fingerprint density at radius 3 is 1.38 bits per heavy atom. The van der Waals surface area contributed by atoms with Crippen molar-refractivity contribution in [3.8, 4) is 0 Å². The molecule has 0 bridgehead atoms. The molecule has 2 atom stereocenters. The molecule has 0 spiro atoms. The second-order valence-corrected chi connectivity index (χ2v) is 17.7. The summed E-state index contributed by atoms with van der Waals surface area (Å²) in [7, 11) is 5.53. The van der Waals surface area contributed by atoms with E-state index in [4.69, 9.17) is 14.2 Å². The van der Waals surface area contributed by atoms with Crippen LogP contribution >= 0.6 is 0 Å². The Balaban J connectivity index is 4.29. The Morgan fingerprint density at radius 1 is 0.517 bits per heavy atom. The van der Waals surface area contributed by atoms with Crippen LogP contribution in [0.5, 0.6) is 0 Å². The van der Waals surface area contributed by atoms with Crippen LogP contribution in [0.15, 0.2) is 48.6 Å². The fourth-order valence-electron chi connectivity index (χ4n) is 7.11. The maximum atomic E-state index is 12.8. The number of aliphatic carboxylic acids is 1. The lowest BCUT2D eigenvalue weighted by Gasteiger charge is -2.31. The molecule has 8 heteroatoms. The van der Waals surface area contributed by atoms with E-state index >= 15 is 0 Å². The second kappa shape index (κ2) is 43.0. The van der Waals surface area contributed by atoms with Crippen molar-refractivity contribution in [2.75, 3.05) is 41.0 Å². The molecule has 0 saturated heterocycles. The van der Waals surface area contributed by atoms with Gasteiger partial charge in [0.15, 0.2) is 12.1 Å². The van der Waals surface area contributed by atoms with Crippen molar-refractivity contribution in [1.29, 1.82) is 0 Å². The van der Waals surface area contributed by atoms with Crippen molar-refractivity contribution in [2.24, 2.45) is 0 Å². The second-order valence-electron chi connectivity index (χ2n) is 17.7. The summed E-state index contributed by atoms with van der Waals surface area (Å²) in [5, 5.41) is 9.64. The number of esters is 2. The average molecular weight is 845 g/mol. The lowest BCUT2D eigenvalue weighted by molar-refractivity contribution is -0.887. The first-order valence-electron chi connectivity index (χ1n) is 24.7. The third-order valence-corrected chi connectivity index (χ3v) is 11.0. The minimum Gasteiger partial charge on any atom is -0.477 e. The van der Waals surface area contributed by atoms with Crippen molar-refractivity contribution in [2.45, 2.75) is 225 Å². The number of allylic oxidation sites excluding steroid dienone is 8. The highest BCUT2D eigenvalue weighted by Gasteiger charge is 2.31. The molecule has 60 heavy (non-hydrogen) atoms. The fourth-order valence-corrected chi connectivity index (χ4v) is 7.11. The van der Waals surface area contributed by atoms with Crippen molar-refractivity contribution in [3.05, 3.63) is 48.6 Å². The molecule has 8 nitrogen and oxygen atoms in total. The van der Waals surface area contributed by atoms with Gasteiger partial charge in [-0.15, -0.1) is 0 Å². The Kier molecular flexibility index (Phi) is 41.0. The smallest absolute Gasteiger partial charge is 0.362 e. The van der Waals surface area contributed by atoms with Gasteiger partial charge in [-0.1, -0.05) is 172 Å². The number of quaternary nitrogens is 1. The maximum Gasteiger partial charge on any atom is 0.362 e. The zero-order chi connectivity index (χ0) is 44.2. The van der Waals surface area contributed by atoms with Gasteiger partial charge in [0.25, 0.3) is 0 Å². The number of rotatable bonds is 44. The summed E-state index contributed by atoms with van der Waals surface area (Å²) in [6, 6.07) is -0.617. The first-order chi connectivity index (χ1) is 29.1. The Morgan fingerprint density at radius 2 is 0.933 bits per heavy atom. The van der Waals surface area contributed by atoms with E-state index in [-0.39, 0.29) is 36.2 Å². The molecule has 0 fully saturated rings. The minimum absolute atomic E-state index is 0.0564. The van der Waals surface area contributed by atoms with Gasteiger partial charge in [-0.3, -0.25) is 9.59 Å². The van der Waals surface area contributed by atoms with Crippen LogP contribution in [0.1, 0.15) is 213 Å². The summed E-state index contributed by atoms with van der Waals surface area (Å²) in [4.78, 5) is 37.1. The number of likely N-dealkylation sites (N-methyl/N-ethyl adjacent to an activating group) is 1. The predicted molar refractivity (Wildman–Crippen MR) is 252 cm³/mol. The number of unbranched alkanes of at least 4 members (excludes halogenated alkanes) is 23. The summed E-state index contributed by atoms with van der Waals surface area (Å²) >= 11 is 0. The molecule has 0 aliphatic heterocycles. The summed E-state index contributed by atoms with van der Waals surface area (Å²) in [6.07, 6.45) is 51.5. The molecule has 2 unspecified atom stereocenters. The molecule has 0 rings (SSSR count). The number of carbonyl (C=O) groups excluding carboxylic acids is 2. The van der Waals surface area contributed by atoms with Crippen molar-refractivity contribution < 1.29 is 38.2 Å². The lowest BCUT2D eigenvalue weighted by Crippen LogP contribution is -2.50. The molecule has 0 aliphatic rings. The first-order valence-corrected chi connectivity index (χ1v) is 24.7. The maximum absolute atomic E-state index is 12.8. The van der Waals surface area contributed by atoms with Crippen LogP contribution in [0.4, 0.5) is 0 Å². The monoisotopic (exact) mass is 845 g/mol. The molecule has 348 valence electrons. The highest BCUT2D eigenvalue weighted by atomic mass is 16.6. The van der Waals surface area contributed by atoms with Crippen molar-refractivity contribution in [3.63, 3.8) is 0 Å². The SMILES string of the molecule is CCCCC/C=C/C=C/CCCCCCCCCCCCC(=O)OC(COCCC(C(=O)O)[N+](C)(C)C)COC(=O)CCCCCCCCC/C=C/C/C=C/CCCCC. The number of hydrogen-bond acceptors (Lipinski definition) is 6. The van der Waals surface area contributed by atoms with Gasteiger partial charge >= 0.3 is 17.9 Å². The summed E-state index contributed by atoms with van der Waals surface area (Å²) in [5.74, 6) is -1.48. The molecule has 0 saturated carbocycles. The van der Waals surface area contributed by atoms with Gasteiger partial charge in [0, 0.05) is 19.3 Å². The third-order valence-electron chi connectivity index (χ3n) is 11.0. The number of carboxylic acids is 1. The molecule has 0 heterocycles. The largest absolute Gasteiger partial charge is 0.477 e. The quantitative estimate of drug-likeness (QED) is 0.0214. The molecule has 0 aromatic heterocycles. The Bertz CT molecular complexity index is 1120. The molecule has 0 aliphatic carbocycles. The topological polar surface area (TPSA) is 99.1 Å². The van der Waals surface area contributed by atoms with E-state index in [1.807, 2.05) is 21.1 Å². The minimum atomic E-state index is -0.876. The first kappa shape index (κ1) is 57.3. The van der Waals surface area contributed by atoms with Gasteiger partial charge in [-0.25, -0.2) is 4.79 Å². The van der Waals surface area contributed by atoms with Gasteiger partial charge in [0.2, 0.25) is 0 Å². The van der Waals surface area contributed by atoms with E-state index in [1.54, 1.807) is 0 Å². The number of carboxylic acid groups (broad SMARTS) is 1. The van der Waals surface area contributed by atoms with E-state index in [9.17, 15) is 19.5 Å². The van der Waals surface area contributed by atoms with Gasteiger partial charge in [-0.2, -0.15) is 0 Å². The van der Waals surface area contributed by atoms with Gasteiger partial charge in [0.1, 0.15) is 6.61 Å². The molecule has 0 amide bonds. The van der Waals surface area contributed by atoms with Crippen molar-refractivity contribution in [1.82, 2.24) is 0 Å². The third kappa shape index (κ3) is 40.7. The zero-order valence-corrected chi connectivity index (χ0v) is 39.7. The van der Waals surface area contributed by atoms with Crippen LogP contribution in [0, 0.1) is 0 Å². The zero-order valence-electron chi connectivity index (χ0n) is 39.7. The summed E-state index contributed by atoms with van der Waals surface area (Å²) < 4.78 is 17.3. The van der Waals surface area contributed by atoms with Gasteiger partial charge in [0.05, 0.1) is 34.4 Å². The highest BCUT2D eigenvalue weighted by Crippen LogP contribution is 2.15. The Hall–Kier alpha value is -2.71. The van der Waals surface area contributed by atoms with Crippen LogP contribution in [0.3, 0.4) is 0 Å². The molecular weight excluding hydrogens is 751 g/mol. The highest BCUT2D eigenvalue weighted by molar-refractivity contribution is 5.72. The molecule has 0 radical (unpaired) electrons.